The molecule has 0 aliphatic heterocycles. The molecule has 0 fully saturated rings. The Balaban J connectivity index is 2.40. The summed E-state index contributed by atoms with van der Waals surface area (Å²) >= 11 is 0. The van der Waals surface area contributed by atoms with Crippen molar-refractivity contribution < 1.29 is 37.4 Å². The summed E-state index contributed by atoms with van der Waals surface area (Å²) in [5.41, 5.74) is -2.55. The summed E-state index contributed by atoms with van der Waals surface area (Å²) in [7, 11) is 0. The van der Waals surface area contributed by atoms with Crippen molar-refractivity contribution in [3.05, 3.63) is 47.8 Å². The first-order valence-corrected chi connectivity index (χ1v) is 6.78. The highest BCUT2D eigenvalue weighted by Crippen LogP contribution is 2.36. The van der Waals surface area contributed by atoms with Crippen molar-refractivity contribution in [1.82, 2.24) is 9.38 Å². The monoisotopic (exact) mass is 354 g/mol. The molecule has 0 saturated carbocycles. The van der Waals surface area contributed by atoms with E-state index in [1.54, 1.807) is 0 Å². The Labute approximate surface area is 136 Å². The van der Waals surface area contributed by atoms with Crippen LogP contribution in [0.5, 0.6) is 0 Å². The number of aromatic carboxylic acids is 1. The number of pyridine rings is 1. The largest absolute Gasteiger partial charge is 0.481 e. The zero-order chi connectivity index (χ0) is 18.4. The van der Waals surface area contributed by atoms with E-state index in [2.05, 4.69) is 4.98 Å². The number of aliphatic carboxylic acids is 1. The van der Waals surface area contributed by atoms with Gasteiger partial charge in [0.15, 0.2) is 5.69 Å². The number of carbonyl (C=O) groups is 2. The Bertz CT molecular complexity index is 973. The van der Waals surface area contributed by atoms with Gasteiger partial charge in [-0.2, -0.15) is 13.2 Å². The summed E-state index contributed by atoms with van der Waals surface area (Å²) < 4.78 is 45.9. The predicted octanol–water partition coefficient (Wildman–Crippen LogP) is 2.94. The van der Waals surface area contributed by atoms with Crippen LogP contribution in [0.3, 0.4) is 0 Å². The third-order valence-corrected chi connectivity index (χ3v) is 3.50. The van der Waals surface area contributed by atoms with Crippen LogP contribution in [0.15, 0.2) is 35.3 Å². The molecule has 0 spiro atoms. The van der Waals surface area contributed by atoms with Gasteiger partial charge in [0, 0.05) is 17.3 Å². The molecule has 0 aliphatic rings. The van der Waals surface area contributed by atoms with E-state index >= 15 is 0 Å². The van der Waals surface area contributed by atoms with Gasteiger partial charge in [-0.1, -0.05) is 0 Å². The van der Waals surface area contributed by atoms with E-state index in [9.17, 15) is 22.8 Å². The van der Waals surface area contributed by atoms with E-state index in [1.807, 2.05) is 0 Å². The van der Waals surface area contributed by atoms with Crippen LogP contribution in [-0.2, 0) is 17.4 Å². The average molecular weight is 354 g/mol. The van der Waals surface area contributed by atoms with E-state index in [1.165, 1.54) is 24.8 Å². The molecule has 3 aromatic rings. The first-order chi connectivity index (χ1) is 11.7. The number of fused-ring (bicyclic) bond motifs is 1. The van der Waals surface area contributed by atoms with Crippen LogP contribution in [0, 0.1) is 0 Å². The predicted molar refractivity (Wildman–Crippen MR) is 76.2 cm³/mol. The Morgan fingerprint density at radius 3 is 2.48 bits per heavy atom. The number of rotatable bonds is 4. The molecule has 2 N–H and O–H groups in total. The third-order valence-electron chi connectivity index (χ3n) is 3.50. The molecular formula is C15H9F3N2O5. The van der Waals surface area contributed by atoms with Crippen LogP contribution in [-0.4, -0.2) is 31.5 Å². The number of alkyl halides is 3. The topological polar surface area (TPSA) is 105 Å². The van der Waals surface area contributed by atoms with Crippen LogP contribution in [0.25, 0.3) is 16.8 Å². The standard InChI is InChI=1S/C15H9F3N2O5/c16-15(17,18)9-3-8(7-1-2-25-6-7)5-20-10(4-11(21)22)12(14(23)24)19-13(9)20/h1-3,5-6H,4H2,(H,21,22)(H,23,24). The minimum absolute atomic E-state index is 0.0783. The van der Waals surface area contributed by atoms with E-state index < -0.39 is 41.4 Å². The molecule has 0 unspecified atom stereocenters. The van der Waals surface area contributed by atoms with Crippen molar-refractivity contribution in [2.75, 3.05) is 0 Å². The molecule has 0 saturated heterocycles. The lowest BCUT2D eigenvalue weighted by Gasteiger charge is -2.11. The van der Waals surface area contributed by atoms with Gasteiger partial charge in [-0.3, -0.25) is 4.79 Å². The summed E-state index contributed by atoms with van der Waals surface area (Å²) in [6.45, 7) is 0. The number of carboxylic acids is 2. The number of hydrogen-bond donors (Lipinski definition) is 2. The Morgan fingerprint density at radius 2 is 1.96 bits per heavy atom. The first-order valence-electron chi connectivity index (χ1n) is 6.78. The number of carboxylic acid groups (broad SMARTS) is 2. The van der Waals surface area contributed by atoms with Crippen molar-refractivity contribution in [3.8, 4) is 11.1 Å². The van der Waals surface area contributed by atoms with Crippen molar-refractivity contribution in [1.29, 1.82) is 0 Å². The zero-order valence-corrected chi connectivity index (χ0v) is 12.2. The maximum atomic E-state index is 13.4. The van der Waals surface area contributed by atoms with Crippen molar-refractivity contribution in [2.24, 2.45) is 0 Å². The van der Waals surface area contributed by atoms with Crippen LogP contribution in [0.4, 0.5) is 13.2 Å². The number of aromatic nitrogens is 2. The molecule has 25 heavy (non-hydrogen) atoms. The molecular weight excluding hydrogens is 345 g/mol. The van der Waals surface area contributed by atoms with Crippen molar-refractivity contribution in [3.63, 3.8) is 0 Å². The second kappa shape index (κ2) is 5.65. The Kier molecular flexibility index (Phi) is 3.74. The van der Waals surface area contributed by atoms with Gasteiger partial charge < -0.3 is 19.0 Å². The normalized spacial score (nSPS) is 11.8. The maximum Gasteiger partial charge on any atom is 0.420 e. The number of nitrogens with zero attached hydrogens (tertiary/aromatic N) is 2. The van der Waals surface area contributed by atoms with Gasteiger partial charge in [0.2, 0.25) is 0 Å². The molecule has 7 nitrogen and oxygen atoms in total. The maximum absolute atomic E-state index is 13.4. The van der Waals surface area contributed by atoms with E-state index in [-0.39, 0.29) is 11.3 Å². The van der Waals surface area contributed by atoms with E-state index in [0.29, 0.717) is 5.56 Å². The van der Waals surface area contributed by atoms with E-state index in [0.717, 1.165) is 10.5 Å². The number of hydrogen-bond acceptors (Lipinski definition) is 4. The smallest absolute Gasteiger partial charge is 0.420 e. The highest BCUT2D eigenvalue weighted by Gasteiger charge is 2.36. The summed E-state index contributed by atoms with van der Waals surface area (Å²) in [5, 5.41) is 18.1. The minimum atomic E-state index is -4.82. The molecule has 0 bridgehead atoms. The van der Waals surface area contributed by atoms with Crippen LogP contribution < -0.4 is 0 Å². The molecule has 0 amide bonds. The fraction of sp³-hybridized carbons (Fsp3) is 0.133. The van der Waals surface area contributed by atoms with Gasteiger partial charge in [-0.25, -0.2) is 9.78 Å². The second-order valence-electron chi connectivity index (χ2n) is 5.13. The minimum Gasteiger partial charge on any atom is -0.481 e. The van der Waals surface area contributed by atoms with Gasteiger partial charge in [0.25, 0.3) is 0 Å². The summed E-state index contributed by atoms with van der Waals surface area (Å²) in [6, 6.07) is 2.23. The molecule has 3 aromatic heterocycles. The molecule has 130 valence electrons. The molecule has 10 heteroatoms. The molecule has 0 atom stereocenters. The van der Waals surface area contributed by atoms with Crippen LogP contribution in [0.1, 0.15) is 21.7 Å². The van der Waals surface area contributed by atoms with Gasteiger partial charge >= 0.3 is 18.1 Å². The fourth-order valence-electron chi connectivity index (χ4n) is 2.47. The lowest BCUT2D eigenvalue weighted by molar-refractivity contribution is -0.137. The first kappa shape index (κ1) is 16.6. The van der Waals surface area contributed by atoms with Gasteiger partial charge in [-0.15, -0.1) is 0 Å². The lowest BCUT2D eigenvalue weighted by Crippen LogP contribution is -2.11. The average Bonchev–Trinajstić information content (AvgIpc) is 3.13. The molecule has 3 rings (SSSR count). The summed E-state index contributed by atoms with van der Waals surface area (Å²) in [4.78, 5) is 25.8. The highest BCUT2D eigenvalue weighted by molar-refractivity contribution is 5.90. The van der Waals surface area contributed by atoms with Crippen LogP contribution in [0.2, 0.25) is 0 Å². The highest BCUT2D eigenvalue weighted by atomic mass is 19.4. The van der Waals surface area contributed by atoms with Gasteiger partial charge in [0.1, 0.15) is 5.65 Å². The molecule has 3 heterocycles. The number of halogens is 3. The molecule has 0 aromatic carbocycles. The SMILES string of the molecule is O=C(O)Cc1c(C(=O)O)nc2c(C(F)(F)F)cc(-c3ccoc3)cn12. The van der Waals surface area contributed by atoms with Crippen LogP contribution >= 0.6 is 0 Å². The number of imidazole rings is 1. The molecule has 0 radical (unpaired) electrons. The van der Waals surface area contributed by atoms with E-state index in [4.69, 9.17) is 14.6 Å². The summed E-state index contributed by atoms with van der Waals surface area (Å²) in [5.74, 6) is -3.01. The quantitative estimate of drug-likeness (QED) is 0.746. The summed E-state index contributed by atoms with van der Waals surface area (Å²) in [6.07, 6.45) is -1.93. The van der Waals surface area contributed by atoms with Crippen molar-refractivity contribution in [2.45, 2.75) is 12.6 Å². The Hall–Kier alpha value is -3.30. The Morgan fingerprint density at radius 1 is 1.24 bits per heavy atom. The fourth-order valence-corrected chi connectivity index (χ4v) is 2.47. The third kappa shape index (κ3) is 2.93. The molecule has 0 aliphatic carbocycles. The van der Waals surface area contributed by atoms with Gasteiger partial charge in [0.05, 0.1) is 30.2 Å². The number of furan rings is 1. The van der Waals surface area contributed by atoms with Gasteiger partial charge in [-0.05, 0) is 12.1 Å². The second-order valence-corrected chi connectivity index (χ2v) is 5.13. The lowest BCUT2D eigenvalue weighted by atomic mass is 10.1. The zero-order valence-electron chi connectivity index (χ0n) is 12.2. The van der Waals surface area contributed by atoms with Crippen molar-refractivity contribution >= 4 is 17.6 Å².